The van der Waals surface area contributed by atoms with Gasteiger partial charge in [-0.2, -0.15) is 0 Å². The first-order chi connectivity index (χ1) is 10.9. The number of nitrogens with two attached hydrogens (primary N) is 1. The fourth-order valence-electron chi connectivity index (χ4n) is 3.18. The van der Waals surface area contributed by atoms with Crippen LogP contribution in [0.1, 0.15) is 51.3 Å². The zero-order valence-electron chi connectivity index (χ0n) is 13.4. The third-order valence-electron chi connectivity index (χ3n) is 4.43. The number of imidazole rings is 1. The largest absolute Gasteiger partial charge is 0.382 e. The summed E-state index contributed by atoms with van der Waals surface area (Å²) < 4.78 is 15.7. The van der Waals surface area contributed by atoms with E-state index in [0.717, 1.165) is 37.0 Å². The van der Waals surface area contributed by atoms with E-state index >= 15 is 0 Å². The maximum atomic E-state index is 13.7. The van der Waals surface area contributed by atoms with Crippen LogP contribution in [0.15, 0.2) is 18.6 Å². The number of hydrogen-bond acceptors (Lipinski definition) is 4. The van der Waals surface area contributed by atoms with Crippen LogP contribution >= 0.6 is 0 Å². The molecule has 124 valence electrons. The van der Waals surface area contributed by atoms with Crippen LogP contribution < -0.4 is 11.1 Å². The molecule has 23 heavy (non-hydrogen) atoms. The topological polar surface area (TPSA) is 85.3 Å². The number of nitrogens with one attached hydrogen (secondary N) is 1. The number of amides is 1. The predicted molar refractivity (Wildman–Crippen MR) is 85.7 cm³/mol. The van der Waals surface area contributed by atoms with E-state index in [1.54, 1.807) is 12.4 Å². The van der Waals surface area contributed by atoms with Crippen molar-refractivity contribution in [1.29, 1.82) is 0 Å². The lowest BCUT2D eigenvalue weighted by atomic mass is 9.85. The van der Waals surface area contributed by atoms with Gasteiger partial charge in [-0.25, -0.2) is 14.4 Å². The van der Waals surface area contributed by atoms with Crippen molar-refractivity contribution in [2.75, 3.05) is 5.73 Å². The Labute approximate surface area is 134 Å². The zero-order valence-corrected chi connectivity index (χ0v) is 13.4. The van der Waals surface area contributed by atoms with Gasteiger partial charge in [0.25, 0.3) is 5.91 Å². The molecule has 6 nitrogen and oxygen atoms in total. The number of aromatic nitrogens is 3. The molecule has 1 aliphatic rings. The predicted octanol–water partition coefficient (Wildman–Crippen LogP) is 2.20. The van der Waals surface area contributed by atoms with Crippen molar-refractivity contribution in [3.63, 3.8) is 0 Å². The molecule has 1 saturated carbocycles. The Balaban J connectivity index is 1.78. The monoisotopic (exact) mass is 319 g/mol. The fraction of sp³-hybridized carbons (Fsp3) is 0.562. The highest BCUT2D eigenvalue weighted by Gasteiger charge is 2.32. The van der Waals surface area contributed by atoms with Gasteiger partial charge in [0.1, 0.15) is 17.2 Å². The van der Waals surface area contributed by atoms with E-state index in [2.05, 4.69) is 15.3 Å². The summed E-state index contributed by atoms with van der Waals surface area (Å²) in [5.41, 5.74) is 4.81. The molecule has 0 bridgehead atoms. The quantitative estimate of drug-likeness (QED) is 0.908. The number of rotatable bonds is 3. The van der Waals surface area contributed by atoms with Gasteiger partial charge in [0.15, 0.2) is 5.67 Å². The van der Waals surface area contributed by atoms with Crippen LogP contribution in [0.3, 0.4) is 0 Å². The van der Waals surface area contributed by atoms with Crippen molar-refractivity contribution in [1.82, 2.24) is 19.7 Å². The highest BCUT2D eigenvalue weighted by atomic mass is 19.1. The molecule has 1 amide bonds. The van der Waals surface area contributed by atoms with Crippen LogP contribution in [0, 0.1) is 0 Å². The Hall–Kier alpha value is -2.18. The van der Waals surface area contributed by atoms with E-state index in [4.69, 9.17) is 5.73 Å². The molecule has 0 aliphatic heterocycles. The number of fused-ring (bicyclic) bond motifs is 1. The van der Waals surface area contributed by atoms with Crippen molar-refractivity contribution >= 4 is 17.2 Å². The molecule has 0 spiro atoms. The van der Waals surface area contributed by atoms with Crippen LogP contribution in [0.25, 0.3) is 5.52 Å². The number of anilines is 1. The van der Waals surface area contributed by atoms with Crippen LogP contribution in [0.5, 0.6) is 0 Å². The summed E-state index contributed by atoms with van der Waals surface area (Å²) in [5.74, 6) is 1.03. The third-order valence-corrected chi connectivity index (χ3v) is 4.43. The summed E-state index contributed by atoms with van der Waals surface area (Å²) in [5, 5.41) is 2.82. The maximum Gasteiger partial charge on any atom is 0.257 e. The van der Waals surface area contributed by atoms with Gasteiger partial charge in [0.2, 0.25) is 0 Å². The molecule has 2 atom stereocenters. The van der Waals surface area contributed by atoms with Gasteiger partial charge >= 0.3 is 0 Å². The van der Waals surface area contributed by atoms with E-state index in [1.807, 2.05) is 10.6 Å². The molecule has 2 aromatic rings. The number of nitrogen functional groups attached to an aromatic ring is 1. The van der Waals surface area contributed by atoms with E-state index < -0.39 is 11.6 Å². The number of carbonyl (C=O) groups is 1. The standard InChI is InChI=1S/C16H22FN5O/c1-16(2,17)15(23)21-11-5-3-4-10(8-11)14-20-9-12-13(18)19-6-7-22(12)14/h6-7,9-11H,3-5,8H2,1-2H3,(H2,18,19)(H,21,23)/t10-,11-/m0/s1. The first kappa shape index (κ1) is 15.7. The number of hydrogen-bond donors (Lipinski definition) is 2. The smallest absolute Gasteiger partial charge is 0.257 e. The number of alkyl halides is 1. The normalized spacial score (nSPS) is 22.2. The van der Waals surface area contributed by atoms with Gasteiger partial charge in [0, 0.05) is 24.4 Å². The molecule has 1 aliphatic carbocycles. The molecule has 0 aromatic carbocycles. The summed E-state index contributed by atoms with van der Waals surface area (Å²) in [6, 6.07) is -0.0252. The third kappa shape index (κ3) is 3.13. The molecule has 3 rings (SSSR count). The number of carbonyl (C=O) groups excluding carboxylic acids is 1. The van der Waals surface area contributed by atoms with Gasteiger partial charge in [-0.05, 0) is 33.1 Å². The molecular weight excluding hydrogens is 297 g/mol. The molecule has 2 heterocycles. The number of halogens is 1. The van der Waals surface area contributed by atoms with Crippen LogP contribution in [0.2, 0.25) is 0 Å². The molecule has 1 fully saturated rings. The van der Waals surface area contributed by atoms with Gasteiger partial charge in [-0.3, -0.25) is 9.20 Å². The SMILES string of the molecule is CC(C)(F)C(=O)N[C@H]1CCC[C@H](c2ncc3c(N)nccn23)C1. The van der Waals surface area contributed by atoms with Crippen molar-refractivity contribution in [2.45, 2.75) is 57.2 Å². The highest BCUT2D eigenvalue weighted by molar-refractivity contribution is 5.84. The van der Waals surface area contributed by atoms with Crippen LogP contribution in [0.4, 0.5) is 10.2 Å². The number of nitrogens with zero attached hydrogens (tertiary/aromatic N) is 3. The molecule has 0 saturated heterocycles. The Morgan fingerprint density at radius 2 is 2.22 bits per heavy atom. The van der Waals surface area contributed by atoms with E-state index in [0.29, 0.717) is 5.82 Å². The minimum atomic E-state index is -1.85. The van der Waals surface area contributed by atoms with Gasteiger partial charge in [0.05, 0.1) is 6.20 Å². The first-order valence-corrected chi connectivity index (χ1v) is 7.93. The van der Waals surface area contributed by atoms with Gasteiger partial charge in [-0.1, -0.05) is 6.42 Å². The second-order valence-corrected chi connectivity index (χ2v) is 6.69. The van der Waals surface area contributed by atoms with Gasteiger partial charge < -0.3 is 11.1 Å². The van der Waals surface area contributed by atoms with Crippen LogP contribution in [-0.4, -0.2) is 32.0 Å². The highest BCUT2D eigenvalue weighted by Crippen LogP contribution is 2.33. The van der Waals surface area contributed by atoms with Crippen molar-refractivity contribution in [3.8, 4) is 0 Å². The second kappa shape index (κ2) is 5.79. The summed E-state index contributed by atoms with van der Waals surface area (Å²) in [4.78, 5) is 20.4. The molecule has 0 unspecified atom stereocenters. The van der Waals surface area contributed by atoms with Crippen molar-refractivity contribution < 1.29 is 9.18 Å². The fourth-order valence-corrected chi connectivity index (χ4v) is 3.18. The molecule has 3 N–H and O–H groups in total. The van der Waals surface area contributed by atoms with Crippen molar-refractivity contribution in [2.24, 2.45) is 0 Å². The Morgan fingerprint density at radius 3 is 2.96 bits per heavy atom. The Morgan fingerprint density at radius 1 is 1.43 bits per heavy atom. The molecule has 0 radical (unpaired) electrons. The summed E-state index contributed by atoms with van der Waals surface area (Å²) in [6.45, 7) is 2.56. The molecule has 7 heteroatoms. The first-order valence-electron chi connectivity index (χ1n) is 7.93. The van der Waals surface area contributed by atoms with E-state index in [-0.39, 0.29) is 12.0 Å². The Kier molecular flexibility index (Phi) is 3.95. The molecular formula is C16H22FN5O. The lowest BCUT2D eigenvalue weighted by molar-refractivity contribution is -0.131. The maximum absolute atomic E-state index is 13.7. The summed E-state index contributed by atoms with van der Waals surface area (Å²) >= 11 is 0. The Bertz CT molecular complexity index is 721. The van der Waals surface area contributed by atoms with Gasteiger partial charge in [-0.15, -0.1) is 0 Å². The summed E-state index contributed by atoms with van der Waals surface area (Å²) in [6.07, 6.45) is 8.81. The zero-order chi connectivity index (χ0) is 16.6. The molecule has 2 aromatic heterocycles. The van der Waals surface area contributed by atoms with E-state index in [1.165, 1.54) is 13.8 Å². The van der Waals surface area contributed by atoms with Crippen LogP contribution in [-0.2, 0) is 4.79 Å². The minimum Gasteiger partial charge on any atom is -0.382 e. The summed E-state index contributed by atoms with van der Waals surface area (Å²) in [7, 11) is 0. The lowest BCUT2D eigenvalue weighted by Gasteiger charge is -2.30. The minimum absolute atomic E-state index is 0.0252. The van der Waals surface area contributed by atoms with Crippen molar-refractivity contribution in [3.05, 3.63) is 24.4 Å². The lowest BCUT2D eigenvalue weighted by Crippen LogP contribution is -2.46. The van der Waals surface area contributed by atoms with E-state index in [9.17, 15) is 9.18 Å². The average molecular weight is 319 g/mol. The second-order valence-electron chi connectivity index (χ2n) is 6.69. The average Bonchev–Trinajstić information content (AvgIpc) is 2.92.